The molecule has 0 aliphatic carbocycles. The Labute approximate surface area is 117 Å². The van der Waals surface area contributed by atoms with Crippen LogP contribution in [0.3, 0.4) is 0 Å². The molecule has 0 unspecified atom stereocenters. The van der Waals surface area contributed by atoms with Crippen LogP contribution in [0.15, 0.2) is 24.3 Å². The molecule has 1 fully saturated rings. The van der Waals surface area contributed by atoms with Crippen LogP contribution < -0.4 is 20.6 Å². The van der Waals surface area contributed by atoms with Gasteiger partial charge in [0.25, 0.3) is 0 Å². The second kappa shape index (κ2) is 5.16. The van der Waals surface area contributed by atoms with Crippen molar-refractivity contribution in [1.82, 2.24) is 10.2 Å². The Kier molecular flexibility index (Phi) is 3.86. The molecule has 1 aliphatic heterocycles. The average molecular weight is 300 g/mol. The molecule has 1 aliphatic rings. The maximum Gasteiger partial charge on any atom is 0.326 e. The van der Waals surface area contributed by atoms with E-state index in [0.29, 0.717) is 13.1 Å². The van der Waals surface area contributed by atoms with Gasteiger partial charge in [0, 0.05) is 13.1 Å². The van der Waals surface area contributed by atoms with Gasteiger partial charge in [-0.05, 0) is 29.7 Å². The number of carbonyl (C=O) groups is 1. The normalized spacial score (nSPS) is 20.4. The molecular weight excluding hydrogens is 282 g/mol. The van der Waals surface area contributed by atoms with Crippen LogP contribution in [0.4, 0.5) is 14.9 Å². The largest absolute Gasteiger partial charge is 0.351 e. The highest BCUT2D eigenvalue weighted by molar-refractivity contribution is 7.62. The predicted molar refractivity (Wildman–Crippen MR) is 75.9 cm³/mol. The van der Waals surface area contributed by atoms with Crippen molar-refractivity contribution in [3.8, 4) is 0 Å². The van der Waals surface area contributed by atoms with Crippen LogP contribution in [0.2, 0.25) is 0 Å². The van der Waals surface area contributed by atoms with Gasteiger partial charge in [0.05, 0.1) is 5.69 Å². The fourth-order valence-electron chi connectivity index (χ4n) is 1.91. The highest BCUT2D eigenvalue weighted by Gasteiger charge is 2.40. The summed E-state index contributed by atoms with van der Waals surface area (Å²) in [4.78, 5) is 11.7. The highest BCUT2D eigenvalue weighted by atomic mass is 31.2. The zero-order valence-electron chi connectivity index (χ0n) is 11.4. The van der Waals surface area contributed by atoms with Crippen molar-refractivity contribution in [2.75, 3.05) is 17.8 Å². The third-order valence-corrected chi connectivity index (χ3v) is 5.27. The predicted octanol–water partition coefficient (Wildman–Crippen LogP) is 2.04. The standard InChI is InChI=1S/C12H18FN4O2P/c1-12(2)7-15-20(19,16-8-12)17(11(14)18)10-5-3-9(13)4-6-10/h3-6H,7-8H2,1-2H3,(H2,14,18)(H2,15,16,19). The van der Waals surface area contributed by atoms with Gasteiger partial charge in [0.1, 0.15) is 5.82 Å². The molecule has 0 saturated carbocycles. The number of amides is 2. The molecule has 1 aromatic carbocycles. The van der Waals surface area contributed by atoms with Crippen LogP contribution in [0.5, 0.6) is 0 Å². The first-order chi connectivity index (χ1) is 9.23. The minimum Gasteiger partial charge on any atom is -0.351 e. The highest BCUT2D eigenvalue weighted by Crippen LogP contribution is 2.47. The molecule has 4 N–H and O–H groups in total. The van der Waals surface area contributed by atoms with Crippen molar-refractivity contribution in [1.29, 1.82) is 0 Å². The first-order valence-electron chi connectivity index (χ1n) is 6.19. The summed E-state index contributed by atoms with van der Waals surface area (Å²) in [6, 6.07) is 4.24. The summed E-state index contributed by atoms with van der Waals surface area (Å²) in [5.74, 6) is -0.442. The van der Waals surface area contributed by atoms with Crippen molar-refractivity contribution in [3.05, 3.63) is 30.1 Å². The Bertz CT molecular complexity index is 547. The summed E-state index contributed by atoms with van der Waals surface area (Å²) in [5, 5.41) is 5.71. The molecule has 0 spiro atoms. The number of hydrogen-bond donors (Lipinski definition) is 3. The van der Waals surface area contributed by atoms with E-state index in [1.54, 1.807) is 0 Å². The maximum absolute atomic E-state index is 13.0. The van der Waals surface area contributed by atoms with E-state index in [2.05, 4.69) is 10.2 Å². The Balaban J connectivity index is 2.32. The Hall–Kier alpha value is -1.43. The monoisotopic (exact) mass is 300 g/mol. The van der Waals surface area contributed by atoms with Gasteiger partial charge in [0.2, 0.25) is 0 Å². The smallest absolute Gasteiger partial charge is 0.326 e. The van der Waals surface area contributed by atoms with E-state index < -0.39 is 19.4 Å². The first kappa shape index (κ1) is 15.0. The number of rotatable bonds is 2. The zero-order chi connectivity index (χ0) is 15.0. The third-order valence-electron chi connectivity index (χ3n) is 3.11. The molecule has 1 saturated heterocycles. The van der Waals surface area contributed by atoms with Crippen LogP contribution in [-0.4, -0.2) is 19.1 Å². The molecule has 0 radical (unpaired) electrons. The molecule has 0 atom stereocenters. The summed E-state index contributed by atoms with van der Waals surface area (Å²) < 4.78 is 26.8. The number of primary amides is 1. The number of nitrogens with one attached hydrogen (secondary N) is 2. The van der Waals surface area contributed by atoms with E-state index in [1.807, 2.05) is 13.8 Å². The minimum atomic E-state index is -3.36. The van der Waals surface area contributed by atoms with Gasteiger partial charge >= 0.3 is 13.6 Å². The molecule has 0 aromatic heterocycles. The van der Waals surface area contributed by atoms with Gasteiger partial charge < -0.3 is 5.73 Å². The van der Waals surface area contributed by atoms with Crippen LogP contribution >= 0.6 is 7.59 Å². The molecule has 2 amide bonds. The van der Waals surface area contributed by atoms with E-state index in [4.69, 9.17) is 5.73 Å². The van der Waals surface area contributed by atoms with E-state index in [0.717, 1.165) is 4.67 Å². The number of carbonyl (C=O) groups excluding carboxylic acids is 1. The van der Waals surface area contributed by atoms with Crippen molar-refractivity contribution in [2.45, 2.75) is 13.8 Å². The van der Waals surface area contributed by atoms with Crippen molar-refractivity contribution >= 4 is 19.3 Å². The number of benzene rings is 1. The van der Waals surface area contributed by atoms with E-state index in [1.165, 1.54) is 24.3 Å². The summed E-state index contributed by atoms with van der Waals surface area (Å²) in [5.41, 5.74) is 5.53. The molecule has 110 valence electrons. The Morgan fingerprint density at radius 3 is 2.25 bits per heavy atom. The van der Waals surface area contributed by atoms with Gasteiger partial charge in [0.15, 0.2) is 0 Å². The quantitative estimate of drug-likeness (QED) is 0.729. The third kappa shape index (κ3) is 3.00. The van der Waals surface area contributed by atoms with Crippen molar-refractivity contribution in [3.63, 3.8) is 0 Å². The van der Waals surface area contributed by atoms with E-state index in [-0.39, 0.29) is 11.1 Å². The number of hydrogen-bond acceptors (Lipinski definition) is 2. The summed E-state index contributed by atoms with van der Waals surface area (Å²) in [6.07, 6.45) is 0. The van der Waals surface area contributed by atoms with Gasteiger partial charge in [-0.2, -0.15) is 0 Å². The molecular formula is C12H18FN4O2P. The van der Waals surface area contributed by atoms with Gasteiger partial charge in [-0.25, -0.2) is 24.0 Å². The Morgan fingerprint density at radius 2 is 1.80 bits per heavy atom. The van der Waals surface area contributed by atoms with Crippen LogP contribution in [0, 0.1) is 11.2 Å². The molecule has 6 nitrogen and oxygen atoms in total. The number of nitrogens with zero attached hydrogens (tertiary/aromatic N) is 1. The SMILES string of the molecule is CC1(C)CNP(=O)(N(C(N)=O)c2ccc(F)cc2)NC1. The number of anilines is 1. The van der Waals surface area contributed by atoms with Crippen LogP contribution in [0.1, 0.15) is 13.8 Å². The molecule has 1 heterocycles. The van der Waals surface area contributed by atoms with E-state index >= 15 is 0 Å². The Morgan fingerprint density at radius 1 is 1.30 bits per heavy atom. The minimum absolute atomic E-state index is 0.0833. The molecule has 2 rings (SSSR count). The van der Waals surface area contributed by atoms with Crippen LogP contribution in [0.25, 0.3) is 0 Å². The summed E-state index contributed by atoms with van der Waals surface area (Å²) in [7, 11) is -3.36. The number of halogens is 1. The molecule has 0 bridgehead atoms. The van der Waals surface area contributed by atoms with Crippen molar-refractivity contribution < 1.29 is 13.8 Å². The summed E-state index contributed by atoms with van der Waals surface area (Å²) in [6.45, 7) is 4.95. The van der Waals surface area contributed by atoms with Gasteiger partial charge in [-0.3, -0.25) is 4.57 Å². The second-order valence-corrected chi connectivity index (χ2v) is 7.72. The molecule has 8 heteroatoms. The van der Waals surface area contributed by atoms with E-state index in [9.17, 15) is 13.8 Å². The van der Waals surface area contributed by atoms with Gasteiger partial charge in [-0.1, -0.05) is 13.8 Å². The second-order valence-electron chi connectivity index (χ2n) is 5.54. The van der Waals surface area contributed by atoms with Gasteiger partial charge in [-0.15, -0.1) is 0 Å². The lowest BCUT2D eigenvalue weighted by Gasteiger charge is -2.40. The van der Waals surface area contributed by atoms with Crippen molar-refractivity contribution in [2.24, 2.45) is 11.1 Å². The number of urea groups is 1. The molecule has 20 heavy (non-hydrogen) atoms. The lowest BCUT2D eigenvalue weighted by atomic mass is 9.94. The molecule has 1 aromatic rings. The van der Waals surface area contributed by atoms with Crippen LogP contribution in [-0.2, 0) is 4.57 Å². The zero-order valence-corrected chi connectivity index (χ0v) is 12.3. The lowest BCUT2D eigenvalue weighted by molar-refractivity contribution is 0.256. The fourth-order valence-corrected chi connectivity index (χ4v) is 4.33. The maximum atomic E-state index is 13.0. The first-order valence-corrected chi connectivity index (χ1v) is 7.85. The summed E-state index contributed by atoms with van der Waals surface area (Å²) >= 11 is 0. The topological polar surface area (TPSA) is 87.5 Å². The number of nitrogens with two attached hydrogens (primary N) is 1. The lowest BCUT2D eigenvalue weighted by Crippen LogP contribution is -2.51. The average Bonchev–Trinajstić information content (AvgIpc) is 2.36. The fraction of sp³-hybridized carbons (Fsp3) is 0.417.